The van der Waals surface area contributed by atoms with Gasteiger partial charge in [0, 0.05) is 65.8 Å². The van der Waals surface area contributed by atoms with Gasteiger partial charge in [-0.05, 0) is 297 Å². The average Bonchev–Trinajstić information content (AvgIpc) is 1.28. The summed E-state index contributed by atoms with van der Waals surface area (Å²) < 4.78 is 9.86. The van der Waals surface area contributed by atoms with Crippen molar-refractivity contribution < 1.29 is 0 Å². The predicted octanol–water partition coefficient (Wildman–Crippen LogP) is 33.9. The molecule has 0 aliphatic rings. The van der Waals surface area contributed by atoms with E-state index in [0.29, 0.717) is 0 Å². The summed E-state index contributed by atoms with van der Waals surface area (Å²) in [6, 6.07) is 169. The summed E-state index contributed by atoms with van der Waals surface area (Å²) in [5.41, 5.74) is 25.5. The van der Waals surface area contributed by atoms with Gasteiger partial charge in [0.25, 0.3) is 0 Å². The van der Waals surface area contributed by atoms with Gasteiger partial charge in [0.05, 0.1) is 44.1 Å². The number of hydrogen-bond acceptors (Lipinski definition) is 0. The lowest BCUT2D eigenvalue weighted by molar-refractivity contribution is 1.18. The molecule has 4 nitrogen and oxygen atoms in total. The van der Waals surface area contributed by atoms with E-state index in [9.17, 15) is 0 Å². The Hall–Kier alpha value is -16.9. The maximum atomic E-state index is 2.53. The molecule has 0 spiro atoms. The molecule has 0 unspecified atom stereocenters. The van der Waals surface area contributed by atoms with Gasteiger partial charge in [-0.25, -0.2) is 0 Å². The second-order valence-electron chi connectivity index (χ2n) is 34.8. The van der Waals surface area contributed by atoms with Crippen molar-refractivity contribution in [3.8, 4) is 78.4 Å². The first-order chi connectivity index (χ1) is 63.5. The Balaban J connectivity index is 0.587. The molecule has 0 fully saturated rings. The Kier molecular flexibility index (Phi) is 15.1. The van der Waals surface area contributed by atoms with Gasteiger partial charge in [-0.2, -0.15) is 0 Å². The monoisotopic (exact) mass is 1620 g/mol. The molecule has 0 aliphatic carbocycles. The van der Waals surface area contributed by atoms with Crippen LogP contribution in [0.4, 0.5) is 0 Å². The van der Waals surface area contributed by atoms with E-state index in [1.165, 1.54) is 212 Å². The zero-order valence-electron chi connectivity index (χ0n) is 69.5. The van der Waals surface area contributed by atoms with Crippen LogP contribution in [0.15, 0.2) is 449 Å². The molecule has 4 heterocycles. The van der Waals surface area contributed by atoms with Crippen LogP contribution in [0.3, 0.4) is 0 Å². The van der Waals surface area contributed by atoms with Crippen molar-refractivity contribution in [3.63, 3.8) is 0 Å². The zero-order chi connectivity index (χ0) is 83.5. The van der Waals surface area contributed by atoms with E-state index in [1.807, 2.05) is 0 Å². The van der Waals surface area contributed by atoms with E-state index >= 15 is 0 Å². The summed E-state index contributed by atoms with van der Waals surface area (Å²) in [7, 11) is 0. The highest BCUT2D eigenvalue weighted by Gasteiger charge is 2.26. The first kappa shape index (κ1) is 70.6. The standard InChI is InChI=1S/C124H74N4/c1-3-27-85(28-4-1)125-113-44-21-19-40-97(113)107-67-78(52-62-115(107)125)81-55-65-118-110(70-81)100-59-51-83(72-120(100)128(118)88-31-23-26-84(66-88)106-74-112-96-39-14-12-35-92(96)94-37-16-18-43-102(94)124(112)122-90-33-10-8-25-76(90)49-61-104(106)122)82-50-58-99-109-69-80(54-64-117(109)127(119(99)71-82)86-29-5-2-6-30-86)79-53-63-116-108(68-79)98-41-20-22-45-114(98)126(116)87-56-46-77(47-57-87)105-73-111-95-38-13-11-34-91(95)93-36-15-17-42-101(93)123(111)121-89-32-9-7-24-75(89)48-60-103(105)121/h1-74H. The number of fused-ring (bicyclic) bond motifs is 32. The van der Waals surface area contributed by atoms with E-state index in [4.69, 9.17) is 0 Å². The molecule has 4 heteroatoms. The number of rotatable bonds is 9. The van der Waals surface area contributed by atoms with Crippen LogP contribution < -0.4 is 0 Å². The van der Waals surface area contributed by atoms with E-state index in [-0.39, 0.29) is 0 Å². The highest BCUT2D eigenvalue weighted by atomic mass is 15.0. The van der Waals surface area contributed by atoms with Gasteiger partial charge in [-0.1, -0.05) is 315 Å². The first-order valence-electron chi connectivity index (χ1n) is 44.4. The highest BCUT2D eigenvalue weighted by molar-refractivity contribution is 6.39. The quantitative estimate of drug-likeness (QED) is 0.128. The molecule has 128 heavy (non-hydrogen) atoms. The van der Waals surface area contributed by atoms with Crippen LogP contribution in [-0.2, 0) is 0 Å². The van der Waals surface area contributed by atoms with Crippen molar-refractivity contribution in [2.24, 2.45) is 0 Å². The van der Waals surface area contributed by atoms with Gasteiger partial charge < -0.3 is 18.3 Å². The van der Waals surface area contributed by atoms with E-state index in [1.54, 1.807) is 0 Å². The van der Waals surface area contributed by atoms with Gasteiger partial charge in [0.2, 0.25) is 0 Å². The van der Waals surface area contributed by atoms with Crippen LogP contribution in [-0.4, -0.2) is 18.3 Å². The van der Waals surface area contributed by atoms with Gasteiger partial charge in [-0.3, -0.25) is 0 Å². The van der Waals surface area contributed by atoms with Gasteiger partial charge in [0.1, 0.15) is 0 Å². The van der Waals surface area contributed by atoms with Crippen LogP contribution in [0.5, 0.6) is 0 Å². The molecular formula is C124H74N4. The second kappa shape index (κ2) is 27.3. The van der Waals surface area contributed by atoms with E-state index in [2.05, 4.69) is 467 Å². The van der Waals surface area contributed by atoms with Gasteiger partial charge in [0.15, 0.2) is 0 Å². The first-order valence-corrected chi connectivity index (χ1v) is 44.4. The molecule has 0 N–H and O–H groups in total. The van der Waals surface area contributed by atoms with Crippen LogP contribution in [0, 0.1) is 0 Å². The molecule has 0 radical (unpaired) electrons. The van der Waals surface area contributed by atoms with Crippen molar-refractivity contribution in [1.82, 2.24) is 18.3 Å². The lowest BCUT2D eigenvalue weighted by atomic mass is 9.85. The maximum absolute atomic E-state index is 2.53. The molecule has 0 amide bonds. The van der Waals surface area contributed by atoms with Crippen molar-refractivity contribution >= 4 is 195 Å². The van der Waals surface area contributed by atoms with Crippen molar-refractivity contribution in [3.05, 3.63) is 449 Å². The lowest BCUT2D eigenvalue weighted by Crippen LogP contribution is -1.96. The summed E-state index contributed by atoms with van der Waals surface area (Å²) in [6.07, 6.45) is 0. The summed E-state index contributed by atoms with van der Waals surface area (Å²) in [5.74, 6) is 0. The maximum Gasteiger partial charge on any atom is 0.0547 e. The fourth-order valence-corrected chi connectivity index (χ4v) is 22.6. The fraction of sp³-hybridized carbons (Fsp3) is 0. The molecule has 24 aromatic carbocycles. The Morgan fingerprint density at radius 2 is 0.383 bits per heavy atom. The van der Waals surface area contributed by atoms with Gasteiger partial charge >= 0.3 is 0 Å². The fourth-order valence-electron chi connectivity index (χ4n) is 22.6. The number of hydrogen-bond donors (Lipinski definition) is 0. The molecule has 0 saturated heterocycles. The second-order valence-corrected chi connectivity index (χ2v) is 34.8. The Morgan fingerprint density at radius 3 is 0.812 bits per heavy atom. The summed E-state index contributed by atoms with van der Waals surface area (Å²) in [4.78, 5) is 0. The SMILES string of the molecule is c1ccc(-n2c3ccccc3c3cc(-c4ccc5c(c4)c4ccc(-c6ccc7c8cc(-c9ccc%10c(c9)c9ccccc9n%10-c9ccc(-c%10cc%11c%12ccccc%12c%12ccccc%12c%11c%11c%10ccc%10ccccc%10%11)cc9)ccc8n(-c8ccccc8)c7c6)cc4n5-c4cccc(-c5cc6c7ccccc7c7ccccc7c6c6c5ccc5ccccc56)c4)ccc32)cc1. The number of benzene rings is 24. The van der Waals surface area contributed by atoms with Crippen molar-refractivity contribution in [1.29, 1.82) is 0 Å². The number of aromatic nitrogens is 4. The molecule has 0 atom stereocenters. The zero-order valence-corrected chi connectivity index (χ0v) is 69.5. The third-order valence-corrected chi connectivity index (χ3v) is 28.2. The predicted molar refractivity (Wildman–Crippen MR) is 546 cm³/mol. The van der Waals surface area contributed by atoms with E-state index in [0.717, 1.165) is 61.5 Å². The normalized spacial score (nSPS) is 12.2. The molecule has 0 bridgehead atoms. The third kappa shape index (κ3) is 10.3. The summed E-state index contributed by atoms with van der Waals surface area (Å²) in [6.45, 7) is 0. The van der Waals surface area contributed by atoms with Crippen LogP contribution in [0.25, 0.3) is 273 Å². The summed E-state index contributed by atoms with van der Waals surface area (Å²) in [5, 5.41) is 35.0. The molecule has 0 saturated carbocycles. The third-order valence-electron chi connectivity index (χ3n) is 28.2. The van der Waals surface area contributed by atoms with Crippen molar-refractivity contribution in [2.75, 3.05) is 0 Å². The average molecular weight is 1620 g/mol. The molecule has 4 aromatic heterocycles. The smallest absolute Gasteiger partial charge is 0.0547 e. The Labute approximate surface area is 735 Å². The van der Waals surface area contributed by atoms with Gasteiger partial charge in [-0.15, -0.1) is 0 Å². The highest BCUT2D eigenvalue weighted by Crippen LogP contribution is 2.51. The van der Waals surface area contributed by atoms with Crippen LogP contribution in [0.1, 0.15) is 0 Å². The van der Waals surface area contributed by atoms with Crippen molar-refractivity contribution in [2.45, 2.75) is 0 Å². The number of nitrogens with zero attached hydrogens (tertiary/aromatic N) is 4. The Bertz CT molecular complexity index is 9690. The minimum atomic E-state index is 1.09. The molecular weight excluding hydrogens is 1550 g/mol. The molecule has 590 valence electrons. The molecule has 0 aliphatic heterocycles. The largest absolute Gasteiger partial charge is 0.309 e. The molecule has 28 aromatic rings. The lowest BCUT2D eigenvalue weighted by Gasteiger charge is -2.18. The molecule has 28 rings (SSSR count). The summed E-state index contributed by atoms with van der Waals surface area (Å²) >= 11 is 0. The van der Waals surface area contributed by atoms with Crippen LogP contribution >= 0.6 is 0 Å². The Morgan fingerprint density at radius 1 is 0.109 bits per heavy atom. The minimum absolute atomic E-state index is 1.09. The minimum Gasteiger partial charge on any atom is -0.309 e. The van der Waals surface area contributed by atoms with Crippen LogP contribution in [0.2, 0.25) is 0 Å². The number of para-hydroxylation sites is 4. The topological polar surface area (TPSA) is 19.7 Å². The van der Waals surface area contributed by atoms with E-state index < -0.39 is 0 Å².